The summed E-state index contributed by atoms with van der Waals surface area (Å²) in [7, 11) is 1.49. The number of hydrogen-bond donors (Lipinski definition) is 2. The quantitative estimate of drug-likeness (QED) is 0.173. The lowest BCUT2D eigenvalue weighted by molar-refractivity contribution is 0.112. The first-order valence-electron chi connectivity index (χ1n) is 11.2. The van der Waals surface area contributed by atoms with E-state index in [1.54, 1.807) is 18.2 Å². The Balaban J connectivity index is 1.74. The Kier molecular flexibility index (Phi) is 6.90. The molecule has 4 rings (SSSR count). The topological polar surface area (TPSA) is 75.6 Å². The van der Waals surface area contributed by atoms with E-state index in [0.29, 0.717) is 12.8 Å². The van der Waals surface area contributed by atoms with Crippen molar-refractivity contribution in [3.8, 4) is 22.3 Å². The Labute approximate surface area is 196 Å². The molecule has 0 aromatic heterocycles. The maximum Gasteiger partial charge on any atom is 0.170 e. The lowest BCUT2D eigenvalue weighted by atomic mass is 9.95. The van der Waals surface area contributed by atoms with Gasteiger partial charge in [-0.3, -0.25) is 9.69 Å². The number of carbonyl (C=O) groups excluding carboxylic acids is 1. The number of carbonyl (C=O) groups is 1. The van der Waals surface area contributed by atoms with Gasteiger partial charge in [0, 0.05) is 24.7 Å². The van der Waals surface area contributed by atoms with Gasteiger partial charge in [-0.05, 0) is 66.9 Å². The molecule has 34 heavy (non-hydrogen) atoms. The van der Waals surface area contributed by atoms with E-state index < -0.39 is 23.0 Å². The van der Waals surface area contributed by atoms with Crippen LogP contribution in [0.4, 0.5) is 24.5 Å². The van der Waals surface area contributed by atoms with Crippen LogP contribution in [0, 0.1) is 17.5 Å². The normalized spacial score (nSPS) is 14.3. The molecule has 1 aliphatic rings. The molecule has 3 aromatic carbocycles. The highest BCUT2D eigenvalue weighted by Gasteiger charge is 2.23. The first-order valence-corrected chi connectivity index (χ1v) is 11.2. The number of likely N-dealkylation sites (tertiary alicyclic amines) is 1. The lowest BCUT2D eigenvalue weighted by Crippen LogP contribution is -2.29. The number of rotatable bonds is 6. The number of benzene rings is 3. The van der Waals surface area contributed by atoms with Gasteiger partial charge in [-0.2, -0.15) is 0 Å². The summed E-state index contributed by atoms with van der Waals surface area (Å²) < 4.78 is 45.6. The molecule has 3 aromatic rings. The zero-order chi connectivity index (χ0) is 24.4. The van der Waals surface area contributed by atoms with Crippen LogP contribution in [0.2, 0.25) is 0 Å². The zero-order valence-corrected chi connectivity index (χ0v) is 19.0. The smallest absolute Gasteiger partial charge is 0.170 e. The number of nitrogens with two attached hydrogens (primary N) is 2. The van der Waals surface area contributed by atoms with Gasteiger partial charge in [0.15, 0.2) is 17.9 Å². The molecule has 1 heterocycles. The van der Waals surface area contributed by atoms with E-state index in [-0.39, 0.29) is 33.6 Å². The van der Waals surface area contributed by atoms with E-state index in [1.165, 1.54) is 25.6 Å². The van der Waals surface area contributed by atoms with Crippen molar-refractivity contribution in [2.75, 3.05) is 30.9 Å². The summed E-state index contributed by atoms with van der Waals surface area (Å²) in [5, 5.41) is 1.15. The highest BCUT2D eigenvalue weighted by atomic mass is 19.2. The molecule has 1 aliphatic heterocycles. The number of halogens is 3. The second-order valence-electron chi connectivity index (χ2n) is 8.68. The first-order chi connectivity index (χ1) is 16.3. The molecule has 0 radical (unpaired) electrons. The van der Waals surface area contributed by atoms with Crippen molar-refractivity contribution >= 4 is 17.7 Å². The lowest BCUT2D eigenvalue weighted by Gasteiger charge is -2.26. The Hall–Kier alpha value is -3.36. The Morgan fingerprint density at radius 2 is 1.74 bits per heavy atom. The van der Waals surface area contributed by atoms with Crippen molar-refractivity contribution in [1.29, 1.82) is 0 Å². The SMILES string of the molecule is CN(N)c1c(N)cc(-c2cc(F)c(-c3cccc(CN4CCCCC4)c3)c(F)c2F)cc1C=O. The Bertz CT molecular complexity index is 1220. The summed E-state index contributed by atoms with van der Waals surface area (Å²) in [4.78, 5) is 13.8. The van der Waals surface area contributed by atoms with E-state index in [4.69, 9.17) is 11.6 Å². The van der Waals surface area contributed by atoms with E-state index in [9.17, 15) is 4.79 Å². The highest BCUT2D eigenvalue weighted by Crippen LogP contribution is 2.37. The van der Waals surface area contributed by atoms with Crippen LogP contribution in [0.5, 0.6) is 0 Å². The average Bonchev–Trinajstić information content (AvgIpc) is 2.81. The van der Waals surface area contributed by atoms with Crippen molar-refractivity contribution in [3.05, 3.63) is 71.0 Å². The predicted octanol–water partition coefficient (Wildman–Crippen LogP) is 5.13. The van der Waals surface area contributed by atoms with Crippen LogP contribution < -0.4 is 16.6 Å². The molecule has 1 saturated heterocycles. The number of aldehydes is 1. The summed E-state index contributed by atoms with van der Waals surface area (Å²) in [5.41, 5.74) is 6.88. The molecule has 178 valence electrons. The van der Waals surface area contributed by atoms with E-state index in [1.807, 2.05) is 6.07 Å². The van der Waals surface area contributed by atoms with Gasteiger partial charge in [-0.15, -0.1) is 0 Å². The van der Waals surface area contributed by atoms with Crippen molar-refractivity contribution in [2.45, 2.75) is 25.8 Å². The molecule has 1 fully saturated rings. The van der Waals surface area contributed by atoms with Crippen LogP contribution in [0.25, 0.3) is 22.3 Å². The fraction of sp³-hybridized carbons (Fsp3) is 0.269. The van der Waals surface area contributed by atoms with Gasteiger partial charge in [0.25, 0.3) is 0 Å². The number of hydrazine groups is 1. The molecule has 4 N–H and O–H groups in total. The molecule has 8 heteroatoms. The third-order valence-corrected chi connectivity index (χ3v) is 6.19. The maximum absolute atomic E-state index is 15.2. The molecule has 0 amide bonds. The van der Waals surface area contributed by atoms with Gasteiger partial charge in [0.1, 0.15) is 5.82 Å². The fourth-order valence-corrected chi connectivity index (χ4v) is 4.60. The summed E-state index contributed by atoms with van der Waals surface area (Å²) in [6.07, 6.45) is 3.98. The maximum atomic E-state index is 15.2. The minimum absolute atomic E-state index is 0.0749. The third kappa shape index (κ3) is 4.64. The van der Waals surface area contributed by atoms with Gasteiger partial charge < -0.3 is 10.7 Å². The number of anilines is 2. The Morgan fingerprint density at radius 1 is 1.00 bits per heavy atom. The van der Waals surface area contributed by atoms with E-state index >= 15 is 13.2 Å². The van der Waals surface area contributed by atoms with Crippen molar-refractivity contribution in [2.24, 2.45) is 5.84 Å². The highest BCUT2D eigenvalue weighted by molar-refractivity contribution is 5.93. The van der Waals surface area contributed by atoms with Crippen molar-refractivity contribution in [1.82, 2.24) is 4.90 Å². The number of hydrogen-bond acceptors (Lipinski definition) is 5. The summed E-state index contributed by atoms with van der Waals surface area (Å²) >= 11 is 0. The van der Waals surface area contributed by atoms with Crippen LogP contribution in [-0.4, -0.2) is 31.3 Å². The second-order valence-corrected chi connectivity index (χ2v) is 8.68. The fourth-order valence-electron chi connectivity index (χ4n) is 4.60. The average molecular weight is 469 g/mol. The predicted molar refractivity (Wildman–Crippen MR) is 129 cm³/mol. The molecular weight excluding hydrogens is 441 g/mol. The molecule has 0 atom stereocenters. The van der Waals surface area contributed by atoms with Gasteiger partial charge >= 0.3 is 0 Å². The van der Waals surface area contributed by atoms with Gasteiger partial charge in [0.2, 0.25) is 0 Å². The second kappa shape index (κ2) is 9.87. The number of piperidine rings is 1. The number of nitrogens with zero attached hydrogens (tertiary/aromatic N) is 2. The third-order valence-electron chi connectivity index (χ3n) is 6.19. The molecule has 0 aliphatic carbocycles. The van der Waals surface area contributed by atoms with Crippen LogP contribution >= 0.6 is 0 Å². The first kappa shape index (κ1) is 23.8. The van der Waals surface area contributed by atoms with Gasteiger partial charge in [-0.25, -0.2) is 19.0 Å². The van der Waals surface area contributed by atoms with Crippen LogP contribution in [0.15, 0.2) is 42.5 Å². The van der Waals surface area contributed by atoms with Crippen LogP contribution in [0.3, 0.4) is 0 Å². The van der Waals surface area contributed by atoms with E-state index in [0.717, 1.165) is 42.6 Å². The Morgan fingerprint density at radius 3 is 2.41 bits per heavy atom. The molecule has 5 nitrogen and oxygen atoms in total. The van der Waals surface area contributed by atoms with E-state index in [2.05, 4.69) is 4.90 Å². The van der Waals surface area contributed by atoms with Gasteiger partial charge in [0.05, 0.1) is 16.9 Å². The largest absolute Gasteiger partial charge is 0.397 e. The van der Waals surface area contributed by atoms with Gasteiger partial charge in [-0.1, -0.05) is 24.6 Å². The standard InChI is InChI=1S/C26H27F3N4O/c1-32(31)26-19(15-34)11-18(12-22(26)30)20-13-21(27)23(25(29)24(20)28)17-7-5-6-16(10-17)14-33-8-3-2-4-9-33/h5-7,10-13,15H,2-4,8-9,14,30-31H2,1H3. The van der Waals surface area contributed by atoms with Crippen molar-refractivity contribution < 1.29 is 18.0 Å². The minimum Gasteiger partial charge on any atom is -0.397 e. The van der Waals surface area contributed by atoms with Crippen LogP contribution in [0.1, 0.15) is 35.2 Å². The van der Waals surface area contributed by atoms with Crippen molar-refractivity contribution in [3.63, 3.8) is 0 Å². The molecule has 0 saturated carbocycles. The summed E-state index contributed by atoms with van der Waals surface area (Å²) in [6, 6.07) is 10.5. The summed E-state index contributed by atoms with van der Waals surface area (Å²) in [6.45, 7) is 2.65. The summed E-state index contributed by atoms with van der Waals surface area (Å²) in [5.74, 6) is 2.29. The monoisotopic (exact) mass is 468 g/mol. The zero-order valence-electron chi connectivity index (χ0n) is 19.0. The molecule has 0 spiro atoms. The molecule has 0 unspecified atom stereocenters. The molecule has 0 bridgehead atoms. The minimum atomic E-state index is -1.30. The van der Waals surface area contributed by atoms with Crippen LogP contribution in [-0.2, 0) is 6.54 Å². The molecular formula is C26H27F3N4O. The number of nitrogen functional groups attached to an aromatic ring is 1.